The van der Waals surface area contributed by atoms with Crippen molar-refractivity contribution in [2.45, 2.75) is 128 Å². The lowest BCUT2D eigenvalue weighted by atomic mass is 9.62. The molecule has 0 amide bonds. The minimum absolute atomic E-state index is 0.248. The lowest BCUT2D eigenvalue weighted by molar-refractivity contribution is -0.358. The lowest BCUT2D eigenvalue weighted by Gasteiger charge is -2.45. The molecule has 7 heteroatoms. The predicted octanol–water partition coefficient (Wildman–Crippen LogP) is 8.75. The van der Waals surface area contributed by atoms with Gasteiger partial charge >= 0.3 is 6.36 Å². The molecular formula is C27H42F6O. The van der Waals surface area contributed by atoms with Crippen molar-refractivity contribution in [3.8, 4) is 0 Å². The number of halogens is 6. The van der Waals surface area contributed by atoms with Crippen molar-refractivity contribution < 1.29 is 31.1 Å². The van der Waals surface area contributed by atoms with Crippen LogP contribution in [-0.2, 0) is 4.74 Å². The Kier molecular flexibility index (Phi) is 8.83. The SMILES string of the molecule is CCC1CCC(C2CCC(C3CCC(C4CC(F)C(OC(F)(F)F)C(F)C4)C(F)C3)CC2)CC1. The molecule has 0 spiro atoms. The standard InChI is InChI=1S/C27H42F6O/c1-2-16-3-5-17(6-4-16)18-7-9-19(10-8-18)20-11-12-22(23(28)13-20)21-14-24(29)26(25(30)15-21)34-27(31,32)33/h16-26H,2-15H2,1H3. The van der Waals surface area contributed by atoms with E-state index in [0.717, 1.165) is 24.2 Å². The van der Waals surface area contributed by atoms with Gasteiger partial charge in [-0.15, -0.1) is 13.2 Å². The molecule has 34 heavy (non-hydrogen) atoms. The Morgan fingerprint density at radius 2 is 1.03 bits per heavy atom. The second-order valence-corrected chi connectivity index (χ2v) is 11.9. The molecule has 0 saturated heterocycles. The van der Waals surface area contributed by atoms with Gasteiger partial charge < -0.3 is 0 Å². The molecule has 198 valence electrons. The van der Waals surface area contributed by atoms with Crippen LogP contribution in [0.5, 0.6) is 0 Å². The summed E-state index contributed by atoms with van der Waals surface area (Å²) in [5.74, 6) is 2.47. The van der Waals surface area contributed by atoms with Crippen molar-refractivity contribution in [2.75, 3.05) is 0 Å². The fraction of sp³-hybridized carbons (Fsp3) is 1.00. The van der Waals surface area contributed by atoms with Crippen LogP contribution in [-0.4, -0.2) is 31.0 Å². The minimum atomic E-state index is -5.07. The summed E-state index contributed by atoms with van der Waals surface area (Å²) in [6.07, 6.45) is 0.589. The van der Waals surface area contributed by atoms with Crippen molar-refractivity contribution in [3.05, 3.63) is 0 Å². The largest absolute Gasteiger partial charge is 0.522 e. The van der Waals surface area contributed by atoms with Gasteiger partial charge in [-0.3, -0.25) is 4.74 Å². The van der Waals surface area contributed by atoms with Gasteiger partial charge in [-0.05, 0) is 112 Å². The summed E-state index contributed by atoms with van der Waals surface area (Å²) in [4.78, 5) is 0. The van der Waals surface area contributed by atoms with Gasteiger partial charge in [-0.25, -0.2) is 13.2 Å². The maximum Gasteiger partial charge on any atom is 0.522 e. The highest BCUT2D eigenvalue weighted by Crippen LogP contribution is 2.49. The number of hydrogen-bond acceptors (Lipinski definition) is 1. The second-order valence-electron chi connectivity index (χ2n) is 11.9. The molecule has 0 aliphatic heterocycles. The van der Waals surface area contributed by atoms with Crippen molar-refractivity contribution in [1.29, 1.82) is 0 Å². The van der Waals surface area contributed by atoms with Crippen molar-refractivity contribution in [3.63, 3.8) is 0 Å². The zero-order valence-electron chi connectivity index (χ0n) is 20.4. The zero-order chi connectivity index (χ0) is 24.5. The van der Waals surface area contributed by atoms with Crippen LogP contribution in [0.25, 0.3) is 0 Å². The molecule has 0 N–H and O–H groups in total. The Hall–Kier alpha value is -0.460. The van der Waals surface area contributed by atoms with Crippen LogP contribution in [0.2, 0.25) is 0 Å². The van der Waals surface area contributed by atoms with E-state index in [1.807, 2.05) is 0 Å². The number of hydrogen-bond donors (Lipinski definition) is 0. The van der Waals surface area contributed by atoms with Crippen LogP contribution in [0.3, 0.4) is 0 Å². The first-order valence-electron chi connectivity index (χ1n) is 13.8. The molecule has 4 saturated carbocycles. The van der Waals surface area contributed by atoms with Gasteiger partial charge in [0.25, 0.3) is 0 Å². The maximum absolute atomic E-state index is 15.2. The summed E-state index contributed by atoms with van der Waals surface area (Å²) in [7, 11) is 0. The number of rotatable bonds is 5. The molecule has 0 radical (unpaired) electrons. The summed E-state index contributed by atoms with van der Waals surface area (Å²) in [5.41, 5.74) is 0. The highest BCUT2D eigenvalue weighted by atomic mass is 19.4. The van der Waals surface area contributed by atoms with E-state index < -0.39 is 42.8 Å². The van der Waals surface area contributed by atoms with Gasteiger partial charge in [0.1, 0.15) is 24.6 Å². The molecule has 5 atom stereocenters. The van der Waals surface area contributed by atoms with Gasteiger partial charge in [0, 0.05) is 0 Å². The summed E-state index contributed by atoms with van der Waals surface area (Å²) < 4.78 is 85.1. The van der Waals surface area contributed by atoms with Crippen LogP contribution >= 0.6 is 0 Å². The molecule has 1 nitrogen and oxygen atoms in total. The fourth-order valence-corrected chi connectivity index (χ4v) is 8.11. The summed E-state index contributed by atoms with van der Waals surface area (Å²) >= 11 is 0. The third-order valence-electron chi connectivity index (χ3n) is 10.1. The normalized spacial score (nSPS) is 46.9. The molecule has 4 rings (SSSR count). The Morgan fingerprint density at radius 1 is 0.588 bits per heavy atom. The molecule has 0 bridgehead atoms. The number of alkyl halides is 6. The summed E-state index contributed by atoms with van der Waals surface area (Å²) in [6.45, 7) is 2.29. The second kappa shape index (κ2) is 11.3. The quantitative estimate of drug-likeness (QED) is 0.346. The molecule has 0 heterocycles. The molecule has 0 aromatic carbocycles. The van der Waals surface area contributed by atoms with Gasteiger partial charge in [0.2, 0.25) is 0 Å². The highest BCUT2D eigenvalue weighted by molar-refractivity contribution is 4.95. The van der Waals surface area contributed by atoms with Crippen molar-refractivity contribution in [2.24, 2.45) is 41.4 Å². The lowest BCUT2D eigenvalue weighted by Crippen LogP contribution is -2.48. The first kappa shape index (κ1) is 26.6. The molecule has 4 aliphatic rings. The van der Waals surface area contributed by atoms with Crippen molar-refractivity contribution >= 4 is 0 Å². The smallest absolute Gasteiger partial charge is 0.282 e. The minimum Gasteiger partial charge on any atom is -0.282 e. The third-order valence-corrected chi connectivity index (χ3v) is 10.1. The van der Waals surface area contributed by atoms with Gasteiger partial charge in [0.05, 0.1) is 0 Å². The zero-order valence-corrected chi connectivity index (χ0v) is 20.4. The summed E-state index contributed by atoms with van der Waals surface area (Å²) in [5, 5.41) is 0. The summed E-state index contributed by atoms with van der Waals surface area (Å²) in [6, 6.07) is 0. The average Bonchev–Trinajstić information content (AvgIpc) is 2.81. The van der Waals surface area contributed by atoms with Crippen LogP contribution < -0.4 is 0 Å². The molecule has 0 aromatic heterocycles. The molecule has 4 aliphatic carbocycles. The first-order valence-corrected chi connectivity index (χ1v) is 13.8. The molecule has 4 fully saturated rings. The van der Waals surface area contributed by atoms with Crippen LogP contribution in [0.15, 0.2) is 0 Å². The Balaban J connectivity index is 1.23. The van der Waals surface area contributed by atoms with E-state index in [2.05, 4.69) is 11.7 Å². The fourth-order valence-electron chi connectivity index (χ4n) is 8.11. The number of ether oxygens (including phenoxy) is 1. The molecular weight excluding hydrogens is 454 g/mol. The van der Waals surface area contributed by atoms with Gasteiger partial charge in [0.15, 0.2) is 0 Å². The molecule has 5 unspecified atom stereocenters. The van der Waals surface area contributed by atoms with Crippen LogP contribution in [0.1, 0.15) is 96.8 Å². The third kappa shape index (κ3) is 6.45. The van der Waals surface area contributed by atoms with E-state index in [9.17, 15) is 22.0 Å². The van der Waals surface area contributed by atoms with E-state index in [-0.39, 0.29) is 12.8 Å². The van der Waals surface area contributed by atoms with Crippen molar-refractivity contribution in [1.82, 2.24) is 0 Å². The Morgan fingerprint density at radius 3 is 1.50 bits per heavy atom. The Labute approximate surface area is 200 Å². The highest BCUT2D eigenvalue weighted by Gasteiger charge is 2.49. The van der Waals surface area contributed by atoms with E-state index in [1.54, 1.807) is 0 Å². The molecule has 0 aromatic rings. The monoisotopic (exact) mass is 496 g/mol. The average molecular weight is 497 g/mol. The van der Waals surface area contributed by atoms with Crippen LogP contribution in [0.4, 0.5) is 26.3 Å². The Bertz CT molecular complexity index is 613. The van der Waals surface area contributed by atoms with E-state index >= 15 is 4.39 Å². The van der Waals surface area contributed by atoms with Gasteiger partial charge in [-0.2, -0.15) is 0 Å². The first-order chi connectivity index (χ1) is 16.1. The maximum atomic E-state index is 15.2. The van der Waals surface area contributed by atoms with E-state index in [0.29, 0.717) is 24.7 Å². The topological polar surface area (TPSA) is 9.23 Å². The van der Waals surface area contributed by atoms with E-state index in [1.165, 1.54) is 57.8 Å². The van der Waals surface area contributed by atoms with E-state index in [4.69, 9.17) is 0 Å². The van der Waals surface area contributed by atoms with Crippen LogP contribution in [0, 0.1) is 41.4 Å². The predicted molar refractivity (Wildman–Crippen MR) is 120 cm³/mol. The van der Waals surface area contributed by atoms with Gasteiger partial charge in [-0.1, -0.05) is 26.2 Å².